The van der Waals surface area contributed by atoms with Gasteiger partial charge >= 0.3 is 0 Å². The van der Waals surface area contributed by atoms with E-state index in [-0.39, 0.29) is 43.2 Å². The molecule has 1 spiro atoms. The Bertz CT molecular complexity index is 1080. The van der Waals surface area contributed by atoms with E-state index in [1.54, 1.807) is 41.8 Å². The van der Waals surface area contributed by atoms with Crippen LogP contribution in [0.5, 0.6) is 0 Å². The molecule has 3 heterocycles. The summed E-state index contributed by atoms with van der Waals surface area (Å²) in [5.74, 6) is -2.17. The lowest BCUT2D eigenvalue weighted by Crippen LogP contribution is -2.49. The van der Waals surface area contributed by atoms with Crippen LogP contribution in [-0.2, 0) is 19.1 Å². The van der Waals surface area contributed by atoms with Gasteiger partial charge in [-0.1, -0.05) is 18.2 Å². The molecule has 2 aliphatic rings. The molecule has 0 saturated carbocycles. The minimum absolute atomic E-state index is 0.0383. The van der Waals surface area contributed by atoms with Gasteiger partial charge < -0.3 is 30.7 Å². The fourth-order valence-electron chi connectivity index (χ4n) is 4.09. The zero-order chi connectivity index (χ0) is 24.3. The van der Waals surface area contributed by atoms with Gasteiger partial charge in [-0.3, -0.25) is 19.8 Å². The summed E-state index contributed by atoms with van der Waals surface area (Å²) in [6.45, 7) is 2.46. The second-order valence-electron chi connectivity index (χ2n) is 8.28. The zero-order valence-corrected chi connectivity index (χ0v) is 19.5. The van der Waals surface area contributed by atoms with Gasteiger partial charge in [0.15, 0.2) is 5.79 Å². The average molecular weight is 486 g/mol. The topological polar surface area (TPSA) is 147 Å². The van der Waals surface area contributed by atoms with Crippen LogP contribution < -0.4 is 16.4 Å². The lowest BCUT2D eigenvalue weighted by atomic mass is 10.1. The summed E-state index contributed by atoms with van der Waals surface area (Å²) in [6.07, 6.45) is 0.201. The van der Waals surface area contributed by atoms with Gasteiger partial charge in [-0.15, -0.1) is 11.3 Å². The number of likely N-dealkylation sites (tertiary alicyclic amines) is 1. The van der Waals surface area contributed by atoms with Crippen LogP contribution in [0.2, 0.25) is 0 Å². The lowest BCUT2D eigenvalue weighted by molar-refractivity contribution is -0.152. The van der Waals surface area contributed by atoms with Crippen molar-refractivity contribution < 1.29 is 23.9 Å². The molecule has 10 nitrogen and oxygen atoms in total. The molecule has 2 aliphatic heterocycles. The summed E-state index contributed by atoms with van der Waals surface area (Å²) in [5.41, 5.74) is 6.57. The van der Waals surface area contributed by atoms with Gasteiger partial charge in [0.2, 0.25) is 11.8 Å². The first-order valence-corrected chi connectivity index (χ1v) is 11.8. The number of nitrogens with two attached hydrogens (primary N) is 1. The first-order valence-electron chi connectivity index (χ1n) is 10.9. The largest absolute Gasteiger partial charge is 0.384 e. The molecule has 0 unspecified atom stereocenters. The van der Waals surface area contributed by atoms with Gasteiger partial charge in [0.25, 0.3) is 5.91 Å². The average Bonchev–Trinajstić information content (AvgIpc) is 3.58. The van der Waals surface area contributed by atoms with Gasteiger partial charge in [-0.25, -0.2) is 0 Å². The van der Waals surface area contributed by atoms with Gasteiger partial charge in [0, 0.05) is 27.8 Å². The maximum atomic E-state index is 13.2. The number of nitrogens with zero attached hydrogens (tertiary/aromatic N) is 1. The van der Waals surface area contributed by atoms with E-state index < -0.39 is 17.7 Å². The highest BCUT2D eigenvalue weighted by Crippen LogP contribution is 2.35. The number of amidine groups is 1. The normalized spacial score (nSPS) is 19.7. The van der Waals surface area contributed by atoms with E-state index in [1.165, 1.54) is 16.2 Å². The molecule has 0 radical (unpaired) electrons. The number of amides is 3. The van der Waals surface area contributed by atoms with E-state index in [9.17, 15) is 14.4 Å². The molecule has 34 heavy (non-hydrogen) atoms. The van der Waals surface area contributed by atoms with Crippen molar-refractivity contribution in [3.63, 3.8) is 0 Å². The van der Waals surface area contributed by atoms with E-state index in [0.29, 0.717) is 24.3 Å². The summed E-state index contributed by atoms with van der Waals surface area (Å²) in [4.78, 5) is 40.9. The van der Waals surface area contributed by atoms with Gasteiger partial charge in [0.1, 0.15) is 11.9 Å². The van der Waals surface area contributed by atoms with Crippen LogP contribution >= 0.6 is 11.3 Å². The quantitative estimate of drug-likeness (QED) is 0.340. The Labute approximate surface area is 200 Å². The predicted octanol–water partition coefficient (Wildman–Crippen LogP) is 0.983. The highest BCUT2D eigenvalue weighted by Gasteiger charge is 2.52. The number of nitrogen functional groups attached to an aromatic ring is 1. The Morgan fingerprint density at radius 2 is 1.94 bits per heavy atom. The molecule has 0 aliphatic carbocycles. The molecule has 2 atom stereocenters. The monoisotopic (exact) mass is 485 g/mol. The molecule has 2 aromatic rings. The summed E-state index contributed by atoms with van der Waals surface area (Å²) in [6, 6.07) is 9.20. The first kappa shape index (κ1) is 23.9. The Morgan fingerprint density at radius 3 is 2.59 bits per heavy atom. The molecular formula is C23H27N5O5S. The molecule has 1 aromatic heterocycles. The SMILES string of the molecule is C[C@@H](NC(=O)[C@@H]1CC2(CN1C(=O)CNC(=O)c1ccccc1)OCCO2)c1cc(C(=N)N)cs1. The number of benzene rings is 1. The van der Waals surface area contributed by atoms with Crippen molar-refractivity contribution in [3.8, 4) is 0 Å². The third kappa shape index (κ3) is 5.11. The third-order valence-corrected chi connectivity index (χ3v) is 7.00. The zero-order valence-electron chi connectivity index (χ0n) is 18.7. The van der Waals surface area contributed by atoms with Gasteiger partial charge in [0.05, 0.1) is 32.3 Å². The van der Waals surface area contributed by atoms with Crippen molar-refractivity contribution in [3.05, 3.63) is 57.8 Å². The van der Waals surface area contributed by atoms with Crippen LogP contribution in [0.4, 0.5) is 0 Å². The van der Waals surface area contributed by atoms with Crippen LogP contribution in [-0.4, -0.2) is 66.6 Å². The Morgan fingerprint density at radius 1 is 1.24 bits per heavy atom. The minimum Gasteiger partial charge on any atom is -0.384 e. The van der Waals surface area contributed by atoms with Crippen molar-refractivity contribution in [2.24, 2.45) is 5.73 Å². The number of hydrogen-bond acceptors (Lipinski definition) is 7. The Hall–Kier alpha value is -3.28. The minimum atomic E-state index is -1.02. The maximum Gasteiger partial charge on any atom is 0.251 e. The summed E-state index contributed by atoms with van der Waals surface area (Å²) >= 11 is 1.39. The van der Waals surface area contributed by atoms with Crippen LogP contribution in [0, 0.1) is 5.41 Å². The van der Waals surface area contributed by atoms with E-state index in [0.717, 1.165) is 4.88 Å². The number of ether oxygens (including phenoxy) is 2. The number of carbonyl (C=O) groups is 3. The van der Waals surface area contributed by atoms with Crippen molar-refractivity contribution >= 4 is 34.9 Å². The Balaban J connectivity index is 1.43. The summed E-state index contributed by atoms with van der Waals surface area (Å²) in [5, 5.41) is 14.9. The fraction of sp³-hybridized carbons (Fsp3) is 0.391. The third-order valence-electron chi connectivity index (χ3n) is 5.88. The second kappa shape index (κ2) is 9.92. The molecule has 11 heteroatoms. The molecule has 180 valence electrons. The number of rotatable bonds is 7. The van der Waals surface area contributed by atoms with Gasteiger partial charge in [-0.2, -0.15) is 0 Å². The molecule has 2 saturated heterocycles. The number of thiophene rings is 1. The van der Waals surface area contributed by atoms with Crippen molar-refractivity contribution in [2.45, 2.75) is 31.2 Å². The van der Waals surface area contributed by atoms with Crippen molar-refractivity contribution in [1.29, 1.82) is 5.41 Å². The maximum absolute atomic E-state index is 13.2. The highest BCUT2D eigenvalue weighted by molar-refractivity contribution is 7.10. The van der Waals surface area contributed by atoms with E-state index in [1.807, 2.05) is 6.92 Å². The van der Waals surface area contributed by atoms with E-state index in [4.69, 9.17) is 20.6 Å². The molecular weight excluding hydrogens is 458 g/mol. The van der Waals surface area contributed by atoms with Crippen LogP contribution in [0.15, 0.2) is 41.8 Å². The summed E-state index contributed by atoms with van der Waals surface area (Å²) < 4.78 is 11.5. The van der Waals surface area contributed by atoms with E-state index in [2.05, 4.69) is 10.6 Å². The second-order valence-corrected chi connectivity index (χ2v) is 9.22. The number of carbonyl (C=O) groups excluding carboxylic acids is 3. The first-order chi connectivity index (χ1) is 16.3. The molecule has 5 N–H and O–H groups in total. The fourth-order valence-corrected chi connectivity index (χ4v) is 5.01. The van der Waals surface area contributed by atoms with Crippen LogP contribution in [0.1, 0.15) is 40.2 Å². The lowest BCUT2D eigenvalue weighted by Gasteiger charge is -2.25. The highest BCUT2D eigenvalue weighted by atomic mass is 32.1. The smallest absolute Gasteiger partial charge is 0.251 e. The molecule has 1 aromatic carbocycles. The standard InChI is InChI=1S/C23H27N5O5S/c1-14(18-9-16(12-34-18)20(24)25)27-22(31)17-10-23(32-7-8-33-23)13-28(17)19(29)11-26-21(30)15-5-3-2-4-6-15/h2-6,9,12,14,17H,7-8,10-11,13H2,1H3,(H3,24,25)(H,26,30)(H,27,31)/t14-,17+/m1/s1. The molecule has 3 amide bonds. The van der Waals surface area contributed by atoms with Crippen LogP contribution in [0.3, 0.4) is 0 Å². The number of nitrogens with one attached hydrogen (secondary N) is 3. The predicted molar refractivity (Wildman–Crippen MR) is 125 cm³/mol. The van der Waals surface area contributed by atoms with Crippen molar-refractivity contribution in [1.82, 2.24) is 15.5 Å². The van der Waals surface area contributed by atoms with Crippen molar-refractivity contribution in [2.75, 3.05) is 26.3 Å². The molecule has 0 bridgehead atoms. The molecule has 2 fully saturated rings. The van der Waals surface area contributed by atoms with Crippen LogP contribution in [0.25, 0.3) is 0 Å². The van der Waals surface area contributed by atoms with Gasteiger partial charge in [-0.05, 0) is 25.1 Å². The summed E-state index contributed by atoms with van der Waals surface area (Å²) in [7, 11) is 0. The molecule has 4 rings (SSSR count). The van der Waals surface area contributed by atoms with E-state index >= 15 is 0 Å². The number of hydrogen-bond donors (Lipinski definition) is 4. The Kier molecular flexibility index (Phi) is 6.96.